The molecule has 3 rings (SSSR count). The molecule has 124 valence electrons. The Hall–Kier alpha value is -1.65. The number of hydrogen-bond donors (Lipinski definition) is 0. The molecule has 1 aliphatic rings. The highest BCUT2D eigenvalue weighted by atomic mass is 16.5. The third kappa shape index (κ3) is 4.01. The van der Waals surface area contributed by atoms with Crippen LogP contribution in [-0.4, -0.2) is 49.3 Å². The van der Waals surface area contributed by atoms with Gasteiger partial charge in [0.15, 0.2) is 0 Å². The number of pyridine rings is 1. The molecule has 1 saturated heterocycles. The smallest absolute Gasteiger partial charge is 0.124 e. The topological polar surface area (TPSA) is 34.6 Å². The van der Waals surface area contributed by atoms with Gasteiger partial charge in [0.05, 0.1) is 25.3 Å². The lowest BCUT2D eigenvalue weighted by Crippen LogP contribution is -2.37. The number of morpholine rings is 1. The Labute approximate surface area is 138 Å². The Balaban J connectivity index is 1.62. The maximum Gasteiger partial charge on any atom is 0.124 e. The van der Waals surface area contributed by atoms with E-state index in [-0.39, 0.29) is 0 Å². The fraction of sp³-hybridized carbons (Fsp3) is 0.526. The molecule has 0 spiro atoms. The van der Waals surface area contributed by atoms with Crippen LogP contribution in [0.4, 0.5) is 0 Å². The van der Waals surface area contributed by atoms with Crippen molar-refractivity contribution in [2.24, 2.45) is 0 Å². The van der Waals surface area contributed by atoms with E-state index in [4.69, 9.17) is 9.47 Å². The molecule has 1 aliphatic heterocycles. The van der Waals surface area contributed by atoms with Gasteiger partial charge in [0.1, 0.15) is 5.75 Å². The molecule has 4 nitrogen and oxygen atoms in total. The number of aromatic nitrogens is 1. The summed E-state index contributed by atoms with van der Waals surface area (Å²) in [5.74, 6) is 0.986. The fourth-order valence-corrected chi connectivity index (χ4v) is 3.06. The van der Waals surface area contributed by atoms with Crippen molar-refractivity contribution in [3.05, 3.63) is 35.5 Å². The molecule has 1 aromatic heterocycles. The van der Waals surface area contributed by atoms with Crippen LogP contribution in [0.5, 0.6) is 5.75 Å². The third-order valence-corrected chi connectivity index (χ3v) is 4.50. The molecule has 4 heteroatoms. The van der Waals surface area contributed by atoms with Gasteiger partial charge in [-0.15, -0.1) is 0 Å². The number of ether oxygens (including phenoxy) is 2. The van der Waals surface area contributed by atoms with Gasteiger partial charge in [-0.25, -0.2) is 0 Å². The van der Waals surface area contributed by atoms with Crippen molar-refractivity contribution in [1.82, 2.24) is 9.88 Å². The van der Waals surface area contributed by atoms with Crippen molar-refractivity contribution in [3.63, 3.8) is 0 Å². The summed E-state index contributed by atoms with van der Waals surface area (Å²) in [4.78, 5) is 6.92. The van der Waals surface area contributed by atoms with Gasteiger partial charge in [-0.3, -0.25) is 9.88 Å². The van der Waals surface area contributed by atoms with Gasteiger partial charge < -0.3 is 9.47 Å². The number of fused-ring (bicyclic) bond motifs is 1. The molecule has 0 unspecified atom stereocenters. The lowest BCUT2D eigenvalue weighted by Gasteiger charge is -2.26. The highest BCUT2D eigenvalue weighted by Crippen LogP contribution is 2.27. The molecule has 23 heavy (non-hydrogen) atoms. The first kappa shape index (κ1) is 16.2. The Kier molecular flexibility index (Phi) is 5.47. The van der Waals surface area contributed by atoms with Gasteiger partial charge in [0, 0.05) is 37.3 Å². The largest absolute Gasteiger partial charge is 0.493 e. The normalized spacial score (nSPS) is 15.9. The van der Waals surface area contributed by atoms with E-state index in [0.717, 1.165) is 63.6 Å². The zero-order chi connectivity index (χ0) is 16.1. The molecule has 0 atom stereocenters. The summed E-state index contributed by atoms with van der Waals surface area (Å²) >= 11 is 0. The van der Waals surface area contributed by atoms with Crippen molar-refractivity contribution < 1.29 is 9.47 Å². The number of nitrogens with zero attached hydrogens (tertiary/aromatic N) is 2. The first-order valence-corrected chi connectivity index (χ1v) is 8.59. The van der Waals surface area contributed by atoms with Crippen molar-refractivity contribution in [1.29, 1.82) is 0 Å². The molecular weight excluding hydrogens is 288 g/mol. The van der Waals surface area contributed by atoms with E-state index < -0.39 is 0 Å². The van der Waals surface area contributed by atoms with E-state index in [2.05, 4.69) is 41.9 Å². The number of aryl methyl sites for hydroxylation is 2. The maximum atomic E-state index is 6.07. The molecule has 0 radical (unpaired) electrons. The average molecular weight is 314 g/mol. The summed E-state index contributed by atoms with van der Waals surface area (Å²) in [5.41, 5.74) is 3.55. The summed E-state index contributed by atoms with van der Waals surface area (Å²) in [6.45, 7) is 9.93. The summed E-state index contributed by atoms with van der Waals surface area (Å²) in [6.07, 6.45) is 3.89. The molecule has 0 aliphatic carbocycles. The van der Waals surface area contributed by atoms with Crippen molar-refractivity contribution in [3.8, 4) is 5.75 Å². The quantitative estimate of drug-likeness (QED) is 0.767. The van der Waals surface area contributed by atoms with Crippen molar-refractivity contribution in [2.45, 2.75) is 26.7 Å². The molecule has 2 aromatic rings. The predicted molar refractivity (Wildman–Crippen MR) is 93.2 cm³/mol. The second kappa shape index (κ2) is 7.75. The van der Waals surface area contributed by atoms with Crippen LogP contribution < -0.4 is 4.74 Å². The zero-order valence-corrected chi connectivity index (χ0v) is 14.2. The van der Waals surface area contributed by atoms with E-state index >= 15 is 0 Å². The third-order valence-electron chi connectivity index (χ3n) is 4.50. The number of benzene rings is 1. The second-order valence-corrected chi connectivity index (χ2v) is 6.11. The van der Waals surface area contributed by atoms with Crippen molar-refractivity contribution in [2.75, 3.05) is 39.5 Å². The fourth-order valence-electron chi connectivity index (χ4n) is 3.06. The Morgan fingerprint density at radius 3 is 2.87 bits per heavy atom. The second-order valence-electron chi connectivity index (χ2n) is 6.11. The van der Waals surface area contributed by atoms with Gasteiger partial charge >= 0.3 is 0 Å². The van der Waals surface area contributed by atoms with E-state index in [1.54, 1.807) is 0 Å². The van der Waals surface area contributed by atoms with Gasteiger partial charge in [0.2, 0.25) is 0 Å². The van der Waals surface area contributed by atoms with Crippen LogP contribution in [0.25, 0.3) is 10.9 Å². The summed E-state index contributed by atoms with van der Waals surface area (Å²) in [7, 11) is 0. The Bertz CT molecular complexity index is 651. The minimum absolute atomic E-state index is 0.752. The van der Waals surface area contributed by atoms with Crippen LogP contribution in [0, 0.1) is 6.92 Å². The highest BCUT2D eigenvalue weighted by molar-refractivity contribution is 5.84. The van der Waals surface area contributed by atoms with Gasteiger partial charge in [-0.2, -0.15) is 0 Å². The Morgan fingerprint density at radius 1 is 1.26 bits per heavy atom. The van der Waals surface area contributed by atoms with Crippen molar-refractivity contribution >= 4 is 10.9 Å². The molecule has 0 saturated carbocycles. The minimum Gasteiger partial charge on any atom is -0.493 e. The first-order chi connectivity index (χ1) is 11.3. The maximum absolute atomic E-state index is 6.07. The first-order valence-electron chi connectivity index (χ1n) is 8.59. The lowest BCUT2D eigenvalue weighted by molar-refractivity contribution is 0.0358. The predicted octanol–water partition coefficient (Wildman–Crippen LogP) is 3.21. The number of rotatable bonds is 6. The lowest BCUT2D eigenvalue weighted by atomic mass is 10.0. The van der Waals surface area contributed by atoms with Gasteiger partial charge in [0.25, 0.3) is 0 Å². The summed E-state index contributed by atoms with van der Waals surface area (Å²) in [6, 6.07) is 6.38. The van der Waals surface area contributed by atoms with Crippen LogP contribution in [0.1, 0.15) is 24.5 Å². The molecular formula is C19H26N2O2. The standard InChI is InChI=1S/C19H26N2O2/c1-3-16-13-17-15(2)5-6-20-18(17)14-19(16)23-10-4-7-21-8-11-22-12-9-21/h5-6,13-14H,3-4,7-12H2,1-2H3. The van der Waals surface area contributed by atoms with E-state index in [9.17, 15) is 0 Å². The van der Waals surface area contributed by atoms with Gasteiger partial charge in [-0.05, 0) is 43.0 Å². The monoisotopic (exact) mass is 314 g/mol. The molecule has 1 aromatic carbocycles. The highest BCUT2D eigenvalue weighted by Gasteiger charge is 2.10. The average Bonchev–Trinajstić information content (AvgIpc) is 2.59. The molecule has 0 bridgehead atoms. The Morgan fingerprint density at radius 2 is 2.09 bits per heavy atom. The SMILES string of the molecule is CCc1cc2c(C)ccnc2cc1OCCCN1CCOCC1. The summed E-state index contributed by atoms with van der Waals surface area (Å²) in [5, 5.41) is 1.23. The summed E-state index contributed by atoms with van der Waals surface area (Å²) < 4.78 is 11.4. The molecule has 0 amide bonds. The van der Waals surface area contributed by atoms with E-state index in [1.165, 1.54) is 16.5 Å². The number of hydrogen-bond acceptors (Lipinski definition) is 4. The van der Waals surface area contributed by atoms with Crippen LogP contribution in [0.3, 0.4) is 0 Å². The molecule has 0 N–H and O–H groups in total. The van der Waals surface area contributed by atoms with E-state index in [0.29, 0.717) is 0 Å². The van der Waals surface area contributed by atoms with Gasteiger partial charge in [-0.1, -0.05) is 6.92 Å². The van der Waals surface area contributed by atoms with Crippen LogP contribution in [0.2, 0.25) is 0 Å². The van der Waals surface area contributed by atoms with Crippen LogP contribution >= 0.6 is 0 Å². The minimum atomic E-state index is 0.752. The zero-order valence-electron chi connectivity index (χ0n) is 14.2. The van der Waals surface area contributed by atoms with Crippen LogP contribution in [0.15, 0.2) is 24.4 Å². The van der Waals surface area contributed by atoms with Crippen LogP contribution in [-0.2, 0) is 11.2 Å². The molecule has 2 heterocycles. The van der Waals surface area contributed by atoms with E-state index in [1.807, 2.05) is 6.20 Å². The molecule has 1 fully saturated rings.